The molecule has 0 heterocycles. The van der Waals surface area contributed by atoms with Gasteiger partial charge in [-0.25, -0.2) is 0 Å². The second-order valence-corrected chi connectivity index (χ2v) is 21.0. The van der Waals surface area contributed by atoms with E-state index in [1.165, 1.54) is 250 Å². The van der Waals surface area contributed by atoms with Gasteiger partial charge in [0.05, 0.1) is 0 Å². The van der Waals surface area contributed by atoms with Crippen molar-refractivity contribution in [1.29, 1.82) is 0 Å². The normalized spacial score (nSPS) is 12.0. The summed E-state index contributed by atoms with van der Waals surface area (Å²) in [5.74, 6) is -0.846. The summed E-state index contributed by atoms with van der Waals surface area (Å²) in [5, 5.41) is 0. The molecule has 6 nitrogen and oxygen atoms in total. The average molecular weight is 960 g/mol. The number of carbonyl (C=O) groups is 3. The van der Waals surface area contributed by atoms with Crippen LogP contribution in [0, 0.1) is 0 Å². The number of carbonyl (C=O) groups excluding carboxylic acids is 3. The Morgan fingerprint density at radius 1 is 0.279 bits per heavy atom. The molecule has 0 aromatic heterocycles. The van der Waals surface area contributed by atoms with Crippen molar-refractivity contribution in [2.75, 3.05) is 13.2 Å². The van der Waals surface area contributed by atoms with Crippen molar-refractivity contribution in [3.05, 3.63) is 12.2 Å². The zero-order valence-corrected chi connectivity index (χ0v) is 46.2. The second kappa shape index (κ2) is 57.7. The maximum Gasteiger partial charge on any atom is 0.306 e. The predicted octanol–water partition coefficient (Wildman–Crippen LogP) is 20.5. The van der Waals surface area contributed by atoms with Gasteiger partial charge in [-0.15, -0.1) is 0 Å². The van der Waals surface area contributed by atoms with E-state index in [1.54, 1.807) is 0 Å². The monoisotopic (exact) mass is 959 g/mol. The lowest BCUT2D eigenvalue weighted by Gasteiger charge is -2.18. The van der Waals surface area contributed by atoms with Crippen LogP contribution in [0.25, 0.3) is 0 Å². The lowest BCUT2D eigenvalue weighted by molar-refractivity contribution is -0.167. The standard InChI is InChI=1S/C62H118O6/c1-4-7-10-13-16-19-21-23-25-27-29-31-33-35-37-39-41-43-46-49-52-55-61(64)67-58-59(57-66-60(63)54-51-48-45-18-15-12-9-6-3)68-62(65)56-53-50-47-44-42-40-38-36-34-32-30-28-26-24-22-20-17-14-11-8-5-2/h27,29,59H,4-26,28,30-58H2,1-3H3/b29-27-. The van der Waals surface area contributed by atoms with Gasteiger partial charge in [-0.1, -0.05) is 296 Å². The molecule has 0 rings (SSSR count). The summed E-state index contributed by atoms with van der Waals surface area (Å²) >= 11 is 0. The van der Waals surface area contributed by atoms with Crippen molar-refractivity contribution in [1.82, 2.24) is 0 Å². The van der Waals surface area contributed by atoms with Gasteiger partial charge >= 0.3 is 17.9 Å². The smallest absolute Gasteiger partial charge is 0.306 e. The molecule has 0 fully saturated rings. The molecule has 6 heteroatoms. The fourth-order valence-corrected chi connectivity index (χ4v) is 9.38. The SMILES string of the molecule is CCCCCCCCCC/C=C\CCCCCCCCCCCC(=O)OCC(COC(=O)CCCCCCCCCC)OC(=O)CCCCCCCCCCCCCCCCCCCCCCC. The summed E-state index contributed by atoms with van der Waals surface area (Å²) in [6, 6.07) is 0. The fraction of sp³-hybridized carbons (Fsp3) is 0.919. The molecule has 0 spiro atoms. The van der Waals surface area contributed by atoms with Crippen LogP contribution in [0.1, 0.15) is 348 Å². The Balaban J connectivity index is 4.15. The molecule has 0 aliphatic rings. The Labute approximate surface area is 424 Å². The zero-order chi connectivity index (χ0) is 49.3. The summed E-state index contributed by atoms with van der Waals surface area (Å²) in [5.41, 5.74) is 0. The molecule has 0 amide bonds. The third kappa shape index (κ3) is 55.1. The minimum Gasteiger partial charge on any atom is -0.462 e. The number of esters is 3. The van der Waals surface area contributed by atoms with Crippen LogP contribution in [-0.2, 0) is 28.6 Å². The minimum absolute atomic E-state index is 0.0652. The molecule has 0 aromatic carbocycles. The van der Waals surface area contributed by atoms with E-state index in [0.717, 1.165) is 57.8 Å². The third-order valence-electron chi connectivity index (χ3n) is 14.0. The van der Waals surface area contributed by atoms with E-state index in [2.05, 4.69) is 32.9 Å². The Morgan fingerprint density at radius 3 is 0.735 bits per heavy atom. The maximum absolute atomic E-state index is 12.8. The molecule has 0 N–H and O–H groups in total. The average Bonchev–Trinajstić information content (AvgIpc) is 3.34. The number of hydrogen-bond donors (Lipinski definition) is 0. The summed E-state index contributed by atoms with van der Waals surface area (Å²) < 4.78 is 16.9. The van der Waals surface area contributed by atoms with Gasteiger partial charge < -0.3 is 14.2 Å². The summed E-state index contributed by atoms with van der Waals surface area (Å²) in [4.78, 5) is 38.1. The summed E-state index contributed by atoms with van der Waals surface area (Å²) in [7, 11) is 0. The number of unbranched alkanes of at least 4 members (excludes halogenated alkanes) is 44. The van der Waals surface area contributed by atoms with Crippen LogP contribution in [0.4, 0.5) is 0 Å². The lowest BCUT2D eigenvalue weighted by Crippen LogP contribution is -2.30. The van der Waals surface area contributed by atoms with E-state index in [4.69, 9.17) is 14.2 Å². The van der Waals surface area contributed by atoms with Gasteiger partial charge in [-0.2, -0.15) is 0 Å². The van der Waals surface area contributed by atoms with Crippen LogP contribution in [-0.4, -0.2) is 37.2 Å². The quantitative estimate of drug-likeness (QED) is 0.0262. The molecule has 0 aliphatic heterocycles. The topological polar surface area (TPSA) is 78.9 Å². The molecule has 1 unspecified atom stereocenters. The highest BCUT2D eigenvalue weighted by atomic mass is 16.6. The van der Waals surface area contributed by atoms with Gasteiger partial charge in [0.2, 0.25) is 0 Å². The van der Waals surface area contributed by atoms with E-state index < -0.39 is 6.10 Å². The molecule has 0 aromatic rings. The Hall–Kier alpha value is -1.85. The Bertz CT molecular complexity index is 1060. The van der Waals surface area contributed by atoms with Crippen LogP contribution in [0.5, 0.6) is 0 Å². The first-order valence-electron chi connectivity index (χ1n) is 30.7. The van der Waals surface area contributed by atoms with E-state index in [1.807, 2.05) is 0 Å². The predicted molar refractivity (Wildman–Crippen MR) is 293 cm³/mol. The molecule has 1 atom stereocenters. The van der Waals surface area contributed by atoms with Crippen LogP contribution < -0.4 is 0 Å². The number of ether oxygens (including phenoxy) is 3. The number of rotatable bonds is 57. The van der Waals surface area contributed by atoms with E-state index in [-0.39, 0.29) is 31.1 Å². The molecule has 402 valence electrons. The van der Waals surface area contributed by atoms with E-state index in [9.17, 15) is 14.4 Å². The summed E-state index contributed by atoms with van der Waals surface area (Å²) in [6.45, 7) is 6.67. The second-order valence-electron chi connectivity index (χ2n) is 21.0. The maximum atomic E-state index is 12.8. The molecule has 0 radical (unpaired) electrons. The summed E-state index contributed by atoms with van der Waals surface area (Å²) in [6.07, 6.45) is 66.6. The molecule has 68 heavy (non-hydrogen) atoms. The number of allylic oxidation sites excluding steroid dienone is 2. The Kier molecular flexibility index (Phi) is 56.2. The fourth-order valence-electron chi connectivity index (χ4n) is 9.38. The van der Waals surface area contributed by atoms with Gasteiger partial charge in [-0.05, 0) is 44.9 Å². The van der Waals surface area contributed by atoms with Gasteiger partial charge in [0.15, 0.2) is 6.10 Å². The van der Waals surface area contributed by atoms with Crippen LogP contribution in [0.15, 0.2) is 12.2 Å². The largest absolute Gasteiger partial charge is 0.462 e. The molecule has 0 aliphatic carbocycles. The van der Waals surface area contributed by atoms with Crippen molar-refractivity contribution >= 4 is 17.9 Å². The van der Waals surface area contributed by atoms with E-state index >= 15 is 0 Å². The van der Waals surface area contributed by atoms with Gasteiger partial charge in [0.25, 0.3) is 0 Å². The minimum atomic E-state index is -0.764. The highest BCUT2D eigenvalue weighted by Crippen LogP contribution is 2.18. The molecular formula is C62H118O6. The van der Waals surface area contributed by atoms with Crippen LogP contribution >= 0.6 is 0 Å². The van der Waals surface area contributed by atoms with Crippen molar-refractivity contribution in [3.63, 3.8) is 0 Å². The van der Waals surface area contributed by atoms with Gasteiger partial charge in [0, 0.05) is 19.3 Å². The number of hydrogen-bond acceptors (Lipinski definition) is 6. The first-order valence-corrected chi connectivity index (χ1v) is 30.7. The molecular weight excluding hydrogens is 841 g/mol. The first kappa shape index (κ1) is 66.2. The highest BCUT2D eigenvalue weighted by Gasteiger charge is 2.19. The van der Waals surface area contributed by atoms with Crippen LogP contribution in [0.3, 0.4) is 0 Å². The third-order valence-corrected chi connectivity index (χ3v) is 14.0. The van der Waals surface area contributed by atoms with E-state index in [0.29, 0.717) is 19.3 Å². The first-order chi connectivity index (χ1) is 33.5. The van der Waals surface area contributed by atoms with Crippen molar-refractivity contribution in [2.24, 2.45) is 0 Å². The molecule has 0 saturated carbocycles. The van der Waals surface area contributed by atoms with Crippen molar-refractivity contribution in [2.45, 2.75) is 354 Å². The lowest BCUT2D eigenvalue weighted by atomic mass is 10.0. The molecule has 0 bridgehead atoms. The van der Waals surface area contributed by atoms with Gasteiger partial charge in [0.1, 0.15) is 13.2 Å². The van der Waals surface area contributed by atoms with Crippen LogP contribution in [0.2, 0.25) is 0 Å². The Morgan fingerprint density at radius 2 is 0.485 bits per heavy atom. The molecule has 0 saturated heterocycles. The zero-order valence-electron chi connectivity index (χ0n) is 46.2. The highest BCUT2D eigenvalue weighted by molar-refractivity contribution is 5.71. The van der Waals surface area contributed by atoms with Crippen molar-refractivity contribution < 1.29 is 28.6 Å². The van der Waals surface area contributed by atoms with Crippen molar-refractivity contribution in [3.8, 4) is 0 Å². The van der Waals surface area contributed by atoms with Gasteiger partial charge in [-0.3, -0.25) is 14.4 Å².